The van der Waals surface area contributed by atoms with E-state index in [1.165, 1.54) is 12.3 Å². The maximum atomic E-state index is 11.7. The molecule has 1 aromatic heterocycles. The Bertz CT molecular complexity index is 289. The smallest absolute Gasteiger partial charge is 0.422 e. The van der Waals surface area contributed by atoms with E-state index in [9.17, 15) is 13.2 Å². The molecule has 0 saturated heterocycles. The van der Waals surface area contributed by atoms with E-state index in [0.29, 0.717) is 5.82 Å². The molecule has 86 valence electrons. The normalized spacial score (nSPS) is 10.3. The second-order valence-corrected chi connectivity index (χ2v) is 2.35. The second kappa shape index (κ2) is 6.21. The average molecular weight is 222 g/mol. The van der Waals surface area contributed by atoms with Crippen LogP contribution in [-0.2, 0) is 0 Å². The lowest BCUT2D eigenvalue weighted by Crippen LogP contribution is -2.19. The van der Waals surface area contributed by atoms with Gasteiger partial charge in [-0.05, 0) is 6.92 Å². The number of alkyl halides is 3. The van der Waals surface area contributed by atoms with E-state index in [-0.39, 0.29) is 5.88 Å². The zero-order valence-electron chi connectivity index (χ0n) is 8.80. The zero-order valence-corrected chi connectivity index (χ0v) is 8.80. The molecule has 1 rings (SSSR count). The number of nitrogens with zero attached hydrogens (tertiary/aromatic N) is 2. The molecule has 0 aromatic carbocycles. The minimum absolute atomic E-state index is 0.0650. The highest BCUT2D eigenvalue weighted by Gasteiger charge is 2.28. The van der Waals surface area contributed by atoms with Gasteiger partial charge in [-0.3, -0.25) is 0 Å². The van der Waals surface area contributed by atoms with Crippen LogP contribution < -0.4 is 4.74 Å². The fraction of sp³-hybridized carbons (Fsp3) is 0.556. The van der Waals surface area contributed by atoms with Gasteiger partial charge in [0.2, 0.25) is 5.88 Å². The Balaban J connectivity index is 0.000000921. The Morgan fingerprint density at radius 2 is 1.93 bits per heavy atom. The Morgan fingerprint density at radius 1 is 1.33 bits per heavy atom. The SMILES string of the molecule is CC.Cc1nccc(OCC(F)(F)F)n1. The molecule has 0 aliphatic heterocycles. The quantitative estimate of drug-likeness (QED) is 0.771. The molecule has 0 atom stereocenters. The van der Waals surface area contributed by atoms with E-state index < -0.39 is 12.8 Å². The van der Waals surface area contributed by atoms with E-state index in [4.69, 9.17) is 0 Å². The molecule has 0 unspecified atom stereocenters. The van der Waals surface area contributed by atoms with Crippen LogP contribution in [0.15, 0.2) is 12.3 Å². The summed E-state index contributed by atoms with van der Waals surface area (Å²) in [4.78, 5) is 7.35. The summed E-state index contributed by atoms with van der Waals surface area (Å²) in [5.41, 5.74) is 0. The summed E-state index contributed by atoms with van der Waals surface area (Å²) in [6, 6.07) is 1.28. The first kappa shape index (κ1) is 13.7. The Kier molecular flexibility index (Phi) is 5.66. The van der Waals surface area contributed by atoms with Crippen LogP contribution in [0, 0.1) is 6.92 Å². The van der Waals surface area contributed by atoms with Crippen molar-refractivity contribution < 1.29 is 17.9 Å². The Hall–Kier alpha value is -1.33. The van der Waals surface area contributed by atoms with E-state index >= 15 is 0 Å². The summed E-state index contributed by atoms with van der Waals surface area (Å²) in [7, 11) is 0. The maximum absolute atomic E-state index is 11.7. The van der Waals surface area contributed by atoms with Crippen molar-refractivity contribution >= 4 is 0 Å². The molecule has 0 bridgehead atoms. The van der Waals surface area contributed by atoms with E-state index in [0.717, 1.165) is 0 Å². The van der Waals surface area contributed by atoms with E-state index in [1.54, 1.807) is 6.92 Å². The van der Waals surface area contributed by atoms with Crippen LogP contribution >= 0.6 is 0 Å². The highest BCUT2D eigenvalue weighted by molar-refractivity contribution is 5.07. The van der Waals surface area contributed by atoms with Crippen LogP contribution in [0.1, 0.15) is 19.7 Å². The van der Waals surface area contributed by atoms with Gasteiger partial charge in [0.15, 0.2) is 6.61 Å². The largest absolute Gasteiger partial charge is 0.468 e. The van der Waals surface area contributed by atoms with E-state index in [1.807, 2.05) is 13.8 Å². The highest BCUT2D eigenvalue weighted by Crippen LogP contribution is 2.16. The zero-order chi connectivity index (χ0) is 11.9. The molecule has 0 amide bonds. The lowest BCUT2D eigenvalue weighted by atomic mass is 10.6. The second-order valence-electron chi connectivity index (χ2n) is 2.35. The van der Waals surface area contributed by atoms with Gasteiger partial charge in [0, 0.05) is 12.3 Å². The van der Waals surface area contributed by atoms with Gasteiger partial charge in [-0.25, -0.2) is 4.98 Å². The van der Waals surface area contributed by atoms with Crippen molar-refractivity contribution in [2.45, 2.75) is 26.9 Å². The molecule has 15 heavy (non-hydrogen) atoms. The Morgan fingerprint density at radius 3 is 2.40 bits per heavy atom. The summed E-state index contributed by atoms with van der Waals surface area (Å²) in [6.45, 7) is 4.24. The van der Waals surface area contributed by atoms with Crippen LogP contribution in [-0.4, -0.2) is 22.8 Å². The van der Waals surface area contributed by atoms with Crippen LogP contribution in [0.5, 0.6) is 5.88 Å². The van der Waals surface area contributed by atoms with Gasteiger partial charge >= 0.3 is 6.18 Å². The molecular weight excluding hydrogens is 209 g/mol. The molecule has 6 heteroatoms. The number of hydrogen-bond acceptors (Lipinski definition) is 3. The van der Waals surface area contributed by atoms with Crippen molar-refractivity contribution in [3.05, 3.63) is 18.1 Å². The molecule has 0 fully saturated rings. The fourth-order valence-electron chi connectivity index (χ4n) is 0.671. The third-order valence-corrected chi connectivity index (χ3v) is 1.13. The summed E-state index contributed by atoms with van der Waals surface area (Å²) in [5.74, 6) is 0.310. The predicted octanol–water partition coefficient (Wildman–Crippen LogP) is 2.75. The Labute approximate surface area is 86.3 Å². The lowest BCUT2D eigenvalue weighted by Gasteiger charge is -2.07. The minimum atomic E-state index is -4.33. The number of aryl methyl sites for hydroxylation is 1. The van der Waals surface area contributed by atoms with Crippen LogP contribution in [0.2, 0.25) is 0 Å². The number of aromatic nitrogens is 2. The summed E-state index contributed by atoms with van der Waals surface area (Å²) in [6.07, 6.45) is -2.99. The molecule has 0 saturated carbocycles. The average Bonchev–Trinajstić information content (AvgIpc) is 2.17. The number of halogens is 3. The molecule has 0 N–H and O–H groups in total. The fourth-order valence-corrected chi connectivity index (χ4v) is 0.671. The first-order valence-electron chi connectivity index (χ1n) is 4.46. The van der Waals surface area contributed by atoms with Crippen molar-refractivity contribution in [3.8, 4) is 5.88 Å². The minimum Gasteiger partial charge on any atom is -0.468 e. The molecule has 0 aliphatic rings. The van der Waals surface area contributed by atoms with Crippen molar-refractivity contribution in [1.29, 1.82) is 0 Å². The standard InChI is InChI=1S/C7H7F3N2O.C2H6/c1-5-11-3-2-6(12-5)13-4-7(8,9)10;1-2/h2-3H,4H2,1H3;1-2H3. The van der Waals surface area contributed by atoms with Gasteiger partial charge in [0.25, 0.3) is 0 Å². The maximum Gasteiger partial charge on any atom is 0.422 e. The van der Waals surface area contributed by atoms with Crippen molar-refractivity contribution in [3.63, 3.8) is 0 Å². The third-order valence-electron chi connectivity index (χ3n) is 1.13. The van der Waals surface area contributed by atoms with Gasteiger partial charge in [-0.2, -0.15) is 18.2 Å². The molecular formula is C9H13F3N2O. The van der Waals surface area contributed by atoms with Crippen LogP contribution in [0.3, 0.4) is 0 Å². The molecule has 3 nitrogen and oxygen atoms in total. The highest BCUT2D eigenvalue weighted by atomic mass is 19.4. The van der Waals surface area contributed by atoms with Gasteiger partial charge < -0.3 is 4.74 Å². The predicted molar refractivity (Wildman–Crippen MR) is 49.7 cm³/mol. The van der Waals surface area contributed by atoms with Crippen molar-refractivity contribution in [2.24, 2.45) is 0 Å². The van der Waals surface area contributed by atoms with Crippen LogP contribution in [0.25, 0.3) is 0 Å². The summed E-state index contributed by atoms with van der Waals surface area (Å²) < 4.78 is 39.4. The monoisotopic (exact) mass is 222 g/mol. The topological polar surface area (TPSA) is 35.0 Å². The molecule has 1 aromatic rings. The van der Waals surface area contributed by atoms with Gasteiger partial charge in [0.1, 0.15) is 5.82 Å². The number of rotatable bonds is 2. The van der Waals surface area contributed by atoms with Crippen molar-refractivity contribution in [1.82, 2.24) is 9.97 Å². The molecule has 0 spiro atoms. The molecule has 1 heterocycles. The van der Waals surface area contributed by atoms with Crippen LogP contribution in [0.4, 0.5) is 13.2 Å². The van der Waals surface area contributed by atoms with Gasteiger partial charge in [-0.1, -0.05) is 13.8 Å². The van der Waals surface area contributed by atoms with Crippen molar-refractivity contribution in [2.75, 3.05) is 6.61 Å². The first-order valence-corrected chi connectivity index (χ1v) is 4.46. The number of ether oxygens (including phenoxy) is 1. The molecule has 0 radical (unpaired) electrons. The van der Waals surface area contributed by atoms with E-state index in [2.05, 4.69) is 14.7 Å². The molecule has 0 aliphatic carbocycles. The van der Waals surface area contributed by atoms with Gasteiger partial charge in [-0.15, -0.1) is 0 Å². The number of hydrogen-bond donors (Lipinski definition) is 0. The lowest BCUT2D eigenvalue weighted by molar-refractivity contribution is -0.154. The van der Waals surface area contributed by atoms with Gasteiger partial charge in [0.05, 0.1) is 0 Å². The summed E-state index contributed by atoms with van der Waals surface area (Å²) in [5, 5.41) is 0. The summed E-state index contributed by atoms with van der Waals surface area (Å²) >= 11 is 0. The third kappa shape index (κ3) is 6.70. The first-order chi connectivity index (χ1) is 6.97.